The molecule has 1 heterocycles. The van der Waals surface area contributed by atoms with Crippen LogP contribution >= 0.6 is 0 Å². The molecule has 0 atom stereocenters. The zero-order valence-electron chi connectivity index (χ0n) is 10.9. The van der Waals surface area contributed by atoms with Gasteiger partial charge in [-0.1, -0.05) is 12.1 Å². The summed E-state index contributed by atoms with van der Waals surface area (Å²) in [6, 6.07) is 6.82. The van der Waals surface area contributed by atoms with Crippen molar-refractivity contribution in [2.24, 2.45) is 5.73 Å². The summed E-state index contributed by atoms with van der Waals surface area (Å²) in [7, 11) is 0. The van der Waals surface area contributed by atoms with E-state index in [1.807, 2.05) is 6.92 Å². The fourth-order valence-corrected chi connectivity index (χ4v) is 1.92. The highest BCUT2D eigenvalue weighted by molar-refractivity contribution is 5.88. The van der Waals surface area contributed by atoms with Crippen LogP contribution in [-0.2, 0) is 0 Å². The smallest absolute Gasteiger partial charge is 0.347 e. The summed E-state index contributed by atoms with van der Waals surface area (Å²) in [5.41, 5.74) is 6.13. The average Bonchev–Trinajstić information content (AvgIpc) is 2.38. The molecule has 19 heavy (non-hydrogen) atoms. The van der Waals surface area contributed by atoms with E-state index in [0.717, 1.165) is 0 Å². The third kappa shape index (κ3) is 2.27. The van der Waals surface area contributed by atoms with Crippen LogP contribution in [-0.4, -0.2) is 11.7 Å². The highest BCUT2D eigenvalue weighted by Gasteiger charge is 2.16. The number of allylic oxidation sites excluding steroid dienone is 1. The van der Waals surface area contributed by atoms with Crippen LogP contribution in [0.3, 0.4) is 0 Å². The molecule has 0 fully saturated rings. The number of rotatable bonds is 3. The summed E-state index contributed by atoms with van der Waals surface area (Å²) < 4.78 is 5.19. The van der Waals surface area contributed by atoms with E-state index in [1.165, 1.54) is 0 Å². The van der Waals surface area contributed by atoms with E-state index in [9.17, 15) is 9.90 Å². The first-order chi connectivity index (χ1) is 9.06. The molecule has 4 N–H and O–H groups in total. The van der Waals surface area contributed by atoms with Crippen molar-refractivity contribution in [3.8, 4) is 5.75 Å². The van der Waals surface area contributed by atoms with Crippen molar-refractivity contribution in [1.29, 1.82) is 0 Å². The maximum Gasteiger partial charge on any atom is 0.347 e. The van der Waals surface area contributed by atoms with Crippen LogP contribution in [0.15, 0.2) is 39.3 Å². The van der Waals surface area contributed by atoms with Gasteiger partial charge in [0.2, 0.25) is 0 Å². The van der Waals surface area contributed by atoms with Gasteiger partial charge in [0.25, 0.3) is 0 Å². The van der Waals surface area contributed by atoms with E-state index < -0.39 is 5.63 Å². The van der Waals surface area contributed by atoms with E-state index in [-0.39, 0.29) is 11.3 Å². The third-order valence-corrected chi connectivity index (χ3v) is 2.93. The average molecular weight is 260 g/mol. The minimum absolute atomic E-state index is 0.0946. The van der Waals surface area contributed by atoms with E-state index >= 15 is 0 Å². The van der Waals surface area contributed by atoms with Gasteiger partial charge in [-0.3, -0.25) is 0 Å². The quantitative estimate of drug-likeness (QED) is 0.732. The third-order valence-electron chi connectivity index (χ3n) is 2.93. The Hall–Kier alpha value is -2.43. The number of nitrogens with two attached hydrogens (primary N) is 1. The second kappa shape index (κ2) is 5.06. The number of benzene rings is 1. The van der Waals surface area contributed by atoms with E-state index in [0.29, 0.717) is 28.9 Å². The monoisotopic (exact) mass is 260 g/mol. The Balaban J connectivity index is 2.74. The van der Waals surface area contributed by atoms with Gasteiger partial charge in [0, 0.05) is 12.1 Å². The lowest BCUT2D eigenvalue weighted by atomic mass is 10.1. The van der Waals surface area contributed by atoms with Gasteiger partial charge in [0.05, 0.1) is 11.2 Å². The first-order valence-corrected chi connectivity index (χ1v) is 6.01. The SMILES string of the molecule is CCN/C(N)=C(\C)c1c(O)c2ccccc2oc1=O. The first kappa shape index (κ1) is 13.0. The zero-order chi connectivity index (χ0) is 14.0. The van der Waals surface area contributed by atoms with Crippen LogP contribution in [0.1, 0.15) is 19.4 Å². The van der Waals surface area contributed by atoms with Crippen LogP contribution in [0.5, 0.6) is 5.75 Å². The zero-order valence-corrected chi connectivity index (χ0v) is 10.9. The lowest BCUT2D eigenvalue weighted by Gasteiger charge is -2.10. The van der Waals surface area contributed by atoms with Crippen molar-refractivity contribution < 1.29 is 9.52 Å². The number of fused-ring (bicyclic) bond motifs is 1. The summed E-state index contributed by atoms with van der Waals surface area (Å²) in [6.07, 6.45) is 0. The molecule has 0 spiro atoms. The summed E-state index contributed by atoms with van der Waals surface area (Å²) in [5, 5.41) is 13.6. The molecule has 2 aromatic rings. The molecule has 0 saturated carbocycles. The predicted octanol–water partition coefficient (Wildman–Crippen LogP) is 1.76. The van der Waals surface area contributed by atoms with Crippen LogP contribution in [0, 0.1) is 0 Å². The fourth-order valence-electron chi connectivity index (χ4n) is 1.92. The van der Waals surface area contributed by atoms with Gasteiger partial charge in [-0.05, 0) is 26.0 Å². The summed E-state index contributed by atoms with van der Waals surface area (Å²) >= 11 is 0. The Labute approximate surface area is 110 Å². The van der Waals surface area contributed by atoms with Gasteiger partial charge in [-0.25, -0.2) is 4.79 Å². The van der Waals surface area contributed by atoms with Crippen LogP contribution < -0.4 is 16.7 Å². The highest BCUT2D eigenvalue weighted by Crippen LogP contribution is 2.30. The summed E-state index contributed by atoms with van der Waals surface area (Å²) in [6.45, 7) is 4.18. The van der Waals surface area contributed by atoms with Crippen molar-refractivity contribution in [3.05, 3.63) is 46.1 Å². The Bertz CT molecular complexity index is 701. The van der Waals surface area contributed by atoms with Gasteiger partial charge >= 0.3 is 5.63 Å². The molecule has 5 nitrogen and oxygen atoms in total. The topological polar surface area (TPSA) is 88.5 Å². The number of hydrogen-bond donors (Lipinski definition) is 3. The van der Waals surface area contributed by atoms with E-state index in [1.54, 1.807) is 31.2 Å². The van der Waals surface area contributed by atoms with Gasteiger partial charge in [0.15, 0.2) is 0 Å². The Morgan fingerprint density at radius 2 is 2.11 bits per heavy atom. The van der Waals surface area contributed by atoms with Crippen molar-refractivity contribution >= 4 is 16.5 Å². The number of aromatic hydroxyl groups is 1. The van der Waals surface area contributed by atoms with Gasteiger partial charge < -0.3 is 20.6 Å². The molecule has 0 amide bonds. The van der Waals surface area contributed by atoms with Crippen molar-refractivity contribution in [2.45, 2.75) is 13.8 Å². The fraction of sp³-hybridized carbons (Fsp3) is 0.214. The Morgan fingerprint density at radius 1 is 1.42 bits per heavy atom. The number of hydrogen-bond acceptors (Lipinski definition) is 5. The van der Waals surface area contributed by atoms with Gasteiger partial charge in [0.1, 0.15) is 16.9 Å². The minimum atomic E-state index is -0.602. The lowest BCUT2D eigenvalue weighted by Crippen LogP contribution is -2.22. The second-order valence-corrected chi connectivity index (χ2v) is 4.18. The molecule has 0 bridgehead atoms. The number of nitrogens with one attached hydrogen (secondary N) is 1. The van der Waals surface area contributed by atoms with Crippen LogP contribution in [0.2, 0.25) is 0 Å². The second-order valence-electron chi connectivity index (χ2n) is 4.18. The molecule has 0 aliphatic carbocycles. The molecule has 0 unspecified atom stereocenters. The number of para-hydroxylation sites is 1. The summed E-state index contributed by atoms with van der Waals surface area (Å²) in [4.78, 5) is 12.0. The Kier molecular flexibility index (Phi) is 3.46. The van der Waals surface area contributed by atoms with Gasteiger partial charge in [-0.2, -0.15) is 0 Å². The highest BCUT2D eigenvalue weighted by atomic mass is 16.4. The minimum Gasteiger partial charge on any atom is -0.506 e. The molecule has 0 aliphatic heterocycles. The van der Waals surface area contributed by atoms with Crippen molar-refractivity contribution in [3.63, 3.8) is 0 Å². The predicted molar refractivity (Wildman–Crippen MR) is 74.6 cm³/mol. The van der Waals surface area contributed by atoms with Crippen molar-refractivity contribution in [1.82, 2.24) is 5.32 Å². The molecule has 5 heteroatoms. The van der Waals surface area contributed by atoms with Crippen LogP contribution in [0.4, 0.5) is 0 Å². The maximum atomic E-state index is 12.0. The van der Waals surface area contributed by atoms with Crippen molar-refractivity contribution in [2.75, 3.05) is 6.54 Å². The van der Waals surface area contributed by atoms with Gasteiger partial charge in [-0.15, -0.1) is 0 Å². The molecule has 0 radical (unpaired) electrons. The molecule has 2 rings (SSSR count). The van der Waals surface area contributed by atoms with E-state index in [4.69, 9.17) is 10.2 Å². The first-order valence-electron chi connectivity index (χ1n) is 6.01. The molecule has 0 saturated heterocycles. The molecule has 0 aliphatic rings. The normalized spacial score (nSPS) is 12.3. The molecule has 1 aromatic carbocycles. The standard InChI is InChI=1S/C14H16N2O3/c1-3-16-13(15)8(2)11-12(17)9-6-4-5-7-10(9)19-14(11)18/h4-7,16-17H,3,15H2,1-2H3/b13-8+. The van der Waals surface area contributed by atoms with Crippen LogP contribution in [0.25, 0.3) is 16.5 Å². The molecule has 1 aromatic heterocycles. The van der Waals surface area contributed by atoms with E-state index in [2.05, 4.69) is 5.32 Å². The largest absolute Gasteiger partial charge is 0.506 e. The summed E-state index contributed by atoms with van der Waals surface area (Å²) in [5.74, 6) is 0.241. The molecule has 100 valence electrons. The maximum absolute atomic E-state index is 12.0. The lowest BCUT2D eigenvalue weighted by molar-refractivity contribution is 0.465. The molecular formula is C14H16N2O3. The Morgan fingerprint density at radius 3 is 2.79 bits per heavy atom. The molecular weight excluding hydrogens is 244 g/mol.